The van der Waals surface area contributed by atoms with Crippen LogP contribution in [0.4, 0.5) is 5.69 Å². The Morgan fingerprint density at radius 2 is 1.89 bits per heavy atom. The lowest BCUT2D eigenvalue weighted by Crippen LogP contribution is -2.31. The highest BCUT2D eigenvalue weighted by Gasteiger charge is 2.45. The molecule has 1 aliphatic rings. The second-order valence-corrected chi connectivity index (χ2v) is 9.52. The number of benzene rings is 2. The number of ether oxygens (including phenoxy) is 1. The zero-order chi connectivity index (χ0) is 25.6. The molecule has 7 nitrogen and oxygen atoms in total. The van der Waals surface area contributed by atoms with Crippen LogP contribution in [0.2, 0.25) is 0 Å². The van der Waals surface area contributed by atoms with E-state index in [9.17, 15) is 14.7 Å². The van der Waals surface area contributed by atoms with Crippen molar-refractivity contribution in [2.75, 3.05) is 12.0 Å². The number of fused-ring (bicyclic) bond motifs is 2. The van der Waals surface area contributed by atoms with E-state index in [1.807, 2.05) is 43.4 Å². The minimum Gasteiger partial charge on any atom is -0.481 e. The number of aromatic nitrogens is 2. The van der Waals surface area contributed by atoms with Crippen LogP contribution in [-0.4, -0.2) is 33.6 Å². The third-order valence-electron chi connectivity index (χ3n) is 7.07. The summed E-state index contributed by atoms with van der Waals surface area (Å²) in [6, 6.07) is 17.3. The van der Waals surface area contributed by atoms with Crippen LogP contribution in [0.1, 0.15) is 46.2 Å². The number of carbonyl (C=O) groups is 2. The summed E-state index contributed by atoms with van der Waals surface area (Å²) in [5, 5.41) is 10.9. The van der Waals surface area contributed by atoms with Gasteiger partial charge < -0.3 is 19.3 Å². The van der Waals surface area contributed by atoms with Gasteiger partial charge in [0, 0.05) is 36.1 Å². The lowest BCUT2D eigenvalue weighted by atomic mass is 9.82. The number of aliphatic carboxylic acids is 1. The Balaban J connectivity index is 1.63. The maximum absolute atomic E-state index is 14.1. The monoisotopic (exact) mass is 483 g/mol. The van der Waals surface area contributed by atoms with Crippen LogP contribution in [0.25, 0.3) is 10.9 Å². The van der Waals surface area contributed by atoms with Gasteiger partial charge in [0.2, 0.25) is 11.8 Å². The molecular formula is C29H29N3O4. The van der Waals surface area contributed by atoms with E-state index in [0.29, 0.717) is 23.8 Å². The van der Waals surface area contributed by atoms with Gasteiger partial charge in [0.05, 0.1) is 37.4 Å². The summed E-state index contributed by atoms with van der Waals surface area (Å²) >= 11 is 0. The Bertz CT molecular complexity index is 1480. The van der Waals surface area contributed by atoms with Crippen LogP contribution >= 0.6 is 0 Å². The quantitative estimate of drug-likeness (QED) is 0.396. The van der Waals surface area contributed by atoms with E-state index in [1.54, 1.807) is 11.0 Å². The molecule has 2 atom stereocenters. The standard InChI is InChI=1S/C29H29N3O4/c1-17-12-18(2)26-20(15-31(3)23(26)13-17)16-32-22-10-11-24(36-4)30-28(22)27(29(32)35)21(14-25(33)34)19-8-6-5-7-9-19/h5-13,15,21,27H,14,16H2,1-4H3,(H,33,34)/t21-,27?/m1/s1. The Labute approximate surface area is 210 Å². The minimum absolute atomic E-state index is 0.150. The van der Waals surface area contributed by atoms with E-state index in [-0.39, 0.29) is 12.3 Å². The zero-order valence-corrected chi connectivity index (χ0v) is 20.9. The second kappa shape index (κ2) is 9.15. The number of anilines is 1. The summed E-state index contributed by atoms with van der Waals surface area (Å²) in [6.45, 7) is 4.54. The average molecular weight is 484 g/mol. The molecule has 4 aromatic rings. The number of amides is 1. The van der Waals surface area contributed by atoms with Crippen molar-refractivity contribution in [3.05, 3.63) is 88.7 Å². The van der Waals surface area contributed by atoms with Gasteiger partial charge in [-0.15, -0.1) is 0 Å². The third-order valence-corrected chi connectivity index (χ3v) is 7.07. The fourth-order valence-corrected chi connectivity index (χ4v) is 5.56. The molecule has 2 aromatic carbocycles. The number of hydrogen-bond donors (Lipinski definition) is 1. The molecule has 0 aliphatic carbocycles. The first-order valence-electron chi connectivity index (χ1n) is 12.0. The molecule has 1 aliphatic heterocycles. The van der Waals surface area contributed by atoms with E-state index in [0.717, 1.165) is 27.6 Å². The molecule has 1 N–H and O–H groups in total. The predicted octanol–water partition coefficient (Wildman–Crippen LogP) is 5.09. The summed E-state index contributed by atoms with van der Waals surface area (Å²) in [7, 11) is 3.54. The number of pyridine rings is 1. The van der Waals surface area contributed by atoms with Crippen molar-refractivity contribution in [1.82, 2.24) is 9.55 Å². The van der Waals surface area contributed by atoms with Gasteiger partial charge in [-0.2, -0.15) is 0 Å². The molecule has 0 spiro atoms. The van der Waals surface area contributed by atoms with Crippen molar-refractivity contribution in [3.8, 4) is 5.88 Å². The SMILES string of the molecule is COc1ccc2c(n1)C([C@H](CC(=O)O)c1ccccc1)C(=O)N2Cc1cn(C)c2cc(C)cc(C)c12. The third kappa shape index (κ3) is 4.00. The minimum atomic E-state index is -0.959. The van der Waals surface area contributed by atoms with E-state index < -0.39 is 17.8 Å². The molecule has 184 valence electrons. The molecule has 2 aromatic heterocycles. The van der Waals surface area contributed by atoms with Crippen molar-refractivity contribution in [2.45, 2.75) is 38.6 Å². The van der Waals surface area contributed by atoms with Gasteiger partial charge in [-0.05, 0) is 48.2 Å². The van der Waals surface area contributed by atoms with Crippen molar-refractivity contribution in [3.63, 3.8) is 0 Å². The molecule has 0 radical (unpaired) electrons. The number of nitrogens with zero attached hydrogens (tertiary/aromatic N) is 3. The number of carboxylic acids is 1. The first kappa shape index (κ1) is 23.6. The Morgan fingerprint density at radius 3 is 2.58 bits per heavy atom. The molecule has 0 saturated carbocycles. The average Bonchev–Trinajstić information content (AvgIpc) is 3.31. The molecule has 5 rings (SSSR count). The van der Waals surface area contributed by atoms with E-state index in [4.69, 9.17) is 4.74 Å². The van der Waals surface area contributed by atoms with Crippen LogP contribution in [-0.2, 0) is 23.2 Å². The van der Waals surface area contributed by atoms with Crippen molar-refractivity contribution in [1.29, 1.82) is 0 Å². The van der Waals surface area contributed by atoms with Crippen LogP contribution in [0, 0.1) is 13.8 Å². The topological polar surface area (TPSA) is 84.7 Å². The lowest BCUT2D eigenvalue weighted by molar-refractivity contribution is -0.137. The largest absolute Gasteiger partial charge is 0.481 e. The van der Waals surface area contributed by atoms with Crippen LogP contribution in [0.5, 0.6) is 5.88 Å². The summed E-state index contributed by atoms with van der Waals surface area (Å²) in [5.41, 5.74) is 6.55. The van der Waals surface area contributed by atoms with Crippen LogP contribution in [0.15, 0.2) is 60.8 Å². The molecule has 36 heavy (non-hydrogen) atoms. The Kier molecular flexibility index (Phi) is 6.00. The number of methoxy groups -OCH3 is 1. The maximum atomic E-state index is 14.1. The van der Waals surface area contributed by atoms with Crippen LogP contribution < -0.4 is 9.64 Å². The van der Waals surface area contributed by atoms with E-state index in [2.05, 4.69) is 41.7 Å². The highest BCUT2D eigenvalue weighted by molar-refractivity contribution is 6.05. The van der Waals surface area contributed by atoms with Gasteiger partial charge in [0.15, 0.2) is 0 Å². The lowest BCUT2D eigenvalue weighted by Gasteiger charge is -2.23. The summed E-state index contributed by atoms with van der Waals surface area (Å²) < 4.78 is 7.46. The summed E-state index contributed by atoms with van der Waals surface area (Å²) in [5.74, 6) is -2.00. The number of carbonyl (C=O) groups excluding carboxylic acids is 1. The number of rotatable bonds is 7. The number of aryl methyl sites for hydroxylation is 3. The Hall–Kier alpha value is -4.13. The normalized spacial score (nSPS) is 15.8. The van der Waals surface area contributed by atoms with Crippen molar-refractivity contribution in [2.24, 2.45) is 7.05 Å². The van der Waals surface area contributed by atoms with Crippen molar-refractivity contribution < 1.29 is 19.4 Å². The van der Waals surface area contributed by atoms with Crippen LogP contribution in [0.3, 0.4) is 0 Å². The fourth-order valence-electron chi connectivity index (χ4n) is 5.56. The van der Waals surface area contributed by atoms with E-state index in [1.165, 1.54) is 12.7 Å². The number of hydrogen-bond acceptors (Lipinski definition) is 4. The molecule has 7 heteroatoms. The smallest absolute Gasteiger partial charge is 0.304 e. The molecule has 1 amide bonds. The first-order chi connectivity index (χ1) is 17.3. The highest BCUT2D eigenvalue weighted by atomic mass is 16.5. The van der Waals surface area contributed by atoms with Gasteiger partial charge in [0.25, 0.3) is 0 Å². The van der Waals surface area contributed by atoms with E-state index >= 15 is 0 Å². The van der Waals surface area contributed by atoms with Gasteiger partial charge >= 0.3 is 5.97 Å². The summed E-state index contributed by atoms with van der Waals surface area (Å²) in [6.07, 6.45) is 1.89. The predicted molar refractivity (Wildman–Crippen MR) is 139 cm³/mol. The molecular weight excluding hydrogens is 454 g/mol. The van der Waals surface area contributed by atoms with Gasteiger partial charge in [-0.1, -0.05) is 36.4 Å². The Morgan fingerprint density at radius 1 is 1.14 bits per heavy atom. The number of carboxylic acid groups (broad SMARTS) is 1. The molecule has 0 fully saturated rings. The van der Waals surface area contributed by atoms with Gasteiger partial charge in [-0.3, -0.25) is 9.59 Å². The maximum Gasteiger partial charge on any atom is 0.304 e. The van der Waals surface area contributed by atoms with Gasteiger partial charge in [-0.25, -0.2) is 4.98 Å². The zero-order valence-electron chi connectivity index (χ0n) is 20.9. The first-order valence-corrected chi connectivity index (χ1v) is 12.0. The fraction of sp³-hybridized carbons (Fsp3) is 0.276. The van der Waals surface area contributed by atoms with Crippen molar-refractivity contribution >= 4 is 28.5 Å². The van der Waals surface area contributed by atoms with Gasteiger partial charge in [0.1, 0.15) is 0 Å². The molecule has 0 bridgehead atoms. The highest BCUT2D eigenvalue weighted by Crippen LogP contribution is 2.47. The molecule has 0 saturated heterocycles. The second-order valence-electron chi connectivity index (χ2n) is 9.52. The summed E-state index contributed by atoms with van der Waals surface area (Å²) in [4.78, 5) is 32.4. The molecule has 3 heterocycles. The molecule has 1 unspecified atom stereocenters.